The molecule has 1 saturated carbocycles. The molecule has 24 heavy (non-hydrogen) atoms. The molecule has 1 aliphatic heterocycles. The minimum absolute atomic E-state index is 0. The number of pyridine rings is 1. The van der Waals surface area contributed by atoms with Crippen LogP contribution < -0.4 is 16.0 Å². The third-order valence-corrected chi connectivity index (χ3v) is 4.89. The maximum atomic E-state index is 5.99. The van der Waals surface area contributed by atoms with Gasteiger partial charge in [0.2, 0.25) is 0 Å². The van der Waals surface area contributed by atoms with Crippen molar-refractivity contribution in [3.63, 3.8) is 0 Å². The molecule has 6 nitrogen and oxygen atoms in total. The van der Waals surface area contributed by atoms with Crippen LogP contribution in [0.4, 0.5) is 5.82 Å². The van der Waals surface area contributed by atoms with Crippen molar-refractivity contribution in [3.8, 4) is 0 Å². The Labute approximate surface area is 161 Å². The maximum Gasteiger partial charge on any atom is 0.188 e. The Hall–Kier alpha value is -1.09. The van der Waals surface area contributed by atoms with E-state index in [-0.39, 0.29) is 24.0 Å². The SMILES string of the molecule is CN1CCN(c2ncccc2CN=C(N)NCC2CCC2)CC1.I. The number of nitrogens with two attached hydrogens (primary N) is 1. The van der Waals surface area contributed by atoms with E-state index >= 15 is 0 Å². The van der Waals surface area contributed by atoms with Gasteiger partial charge in [-0.15, -0.1) is 24.0 Å². The molecule has 0 bridgehead atoms. The summed E-state index contributed by atoms with van der Waals surface area (Å²) >= 11 is 0. The molecule has 0 unspecified atom stereocenters. The first kappa shape index (κ1) is 19.2. The number of aliphatic imine (C=N–C) groups is 1. The van der Waals surface area contributed by atoms with Crippen LogP contribution in [-0.2, 0) is 6.54 Å². The second kappa shape index (κ2) is 9.41. The molecule has 7 heteroatoms. The summed E-state index contributed by atoms with van der Waals surface area (Å²) in [5.41, 5.74) is 7.14. The molecule has 0 atom stereocenters. The highest BCUT2D eigenvalue weighted by molar-refractivity contribution is 14.0. The topological polar surface area (TPSA) is 69.8 Å². The Balaban J connectivity index is 0.00000208. The molecule has 0 aromatic carbocycles. The number of aromatic nitrogens is 1. The molecule has 1 aromatic heterocycles. The zero-order valence-electron chi connectivity index (χ0n) is 14.4. The van der Waals surface area contributed by atoms with Gasteiger partial charge in [-0.3, -0.25) is 0 Å². The fourth-order valence-electron chi connectivity index (χ4n) is 3.03. The highest BCUT2D eigenvalue weighted by Gasteiger charge is 2.18. The molecule has 3 rings (SSSR count). The minimum Gasteiger partial charge on any atom is -0.370 e. The Morgan fingerprint density at radius 1 is 1.33 bits per heavy atom. The fourth-order valence-corrected chi connectivity index (χ4v) is 3.03. The predicted octanol–water partition coefficient (Wildman–Crippen LogP) is 1.66. The zero-order valence-corrected chi connectivity index (χ0v) is 16.8. The zero-order chi connectivity index (χ0) is 16.1. The lowest BCUT2D eigenvalue weighted by Gasteiger charge is -2.34. The van der Waals surface area contributed by atoms with Crippen LogP contribution in [0, 0.1) is 5.92 Å². The van der Waals surface area contributed by atoms with Gasteiger partial charge in [-0.25, -0.2) is 9.98 Å². The van der Waals surface area contributed by atoms with Gasteiger partial charge in [0.05, 0.1) is 6.54 Å². The van der Waals surface area contributed by atoms with Crippen LogP contribution >= 0.6 is 24.0 Å². The molecule has 1 saturated heterocycles. The first-order chi connectivity index (χ1) is 11.2. The van der Waals surface area contributed by atoms with E-state index in [9.17, 15) is 0 Å². The van der Waals surface area contributed by atoms with Crippen LogP contribution in [0.25, 0.3) is 0 Å². The van der Waals surface area contributed by atoms with E-state index in [4.69, 9.17) is 5.73 Å². The van der Waals surface area contributed by atoms with E-state index in [1.165, 1.54) is 19.3 Å². The summed E-state index contributed by atoms with van der Waals surface area (Å²) in [5.74, 6) is 2.38. The second-order valence-corrected chi connectivity index (χ2v) is 6.66. The number of rotatable bonds is 5. The number of anilines is 1. The molecule has 2 heterocycles. The van der Waals surface area contributed by atoms with Crippen molar-refractivity contribution in [2.45, 2.75) is 25.8 Å². The first-order valence-corrected chi connectivity index (χ1v) is 8.63. The summed E-state index contributed by atoms with van der Waals surface area (Å²) < 4.78 is 0. The molecular weight excluding hydrogens is 415 g/mol. The molecule has 2 aliphatic rings. The van der Waals surface area contributed by atoms with Crippen LogP contribution in [-0.4, -0.2) is 55.6 Å². The van der Waals surface area contributed by atoms with Crippen molar-refractivity contribution in [3.05, 3.63) is 23.9 Å². The summed E-state index contributed by atoms with van der Waals surface area (Å²) in [6, 6.07) is 4.08. The number of nitrogens with zero attached hydrogens (tertiary/aromatic N) is 4. The van der Waals surface area contributed by atoms with E-state index in [0.717, 1.165) is 50.0 Å². The average molecular weight is 444 g/mol. The van der Waals surface area contributed by atoms with Crippen LogP contribution in [0.5, 0.6) is 0 Å². The lowest BCUT2D eigenvalue weighted by Crippen LogP contribution is -2.45. The van der Waals surface area contributed by atoms with Crippen LogP contribution in [0.2, 0.25) is 0 Å². The van der Waals surface area contributed by atoms with E-state index in [1.807, 2.05) is 12.3 Å². The number of halogens is 1. The summed E-state index contributed by atoms with van der Waals surface area (Å²) in [5, 5.41) is 3.25. The Morgan fingerprint density at radius 2 is 2.08 bits per heavy atom. The number of hydrogen-bond donors (Lipinski definition) is 2. The molecular formula is C17H29IN6. The molecule has 1 aliphatic carbocycles. The van der Waals surface area contributed by atoms with Crippen LogP contribution in [0.3, 0.4) is 0 Å². The van der Waals surface area contributed by atoms with Crippen molar-refractivity contribution in [2.75, 3.05) is 44.7 Å². The van der Waals surface area contributed by atoms with Crippen LogP contribution in [0.1, 0.15) is 24.8 Å². The quantitative estimate of drug-likeness (QED) is 0.411. The minimum atomic E-state index is 0. The summed E-state index contributed by atoms with van der Waals surface area (Å²) in [6.45, 7) is 5.71. The Bertz CT molecular complexity index is 538. The third kappa shape index (κ3) is 5.20. The average Bonchev–Trinajstić information content (AvgIpc) is 2.52. The van der Waals surface area contributed by atoms with E-state index in [2.05, 4.69) is 38.2 Å². The van der Waals surface area contributed by atoms with Gasteiger partial charge in [-0.1, -0.05) is 12.5 Å². The van der Waals surface area contributed by atoms with Crippen molar-refractivity contribution in [1.29, 1.82) is 0 Å². The van der Waals surface area contributed by atoms with Gasteiger partial charge in [0, 0.05) is 44.5 Å². The van der Waals surface area contributed by atoms with Crippen molar-refractivity contribution in [1.82, 2.24) is 15.2 Å². The number of likely N-dealkylation sites (N-methyl/N-ethyl adjacent to an activating group) is 1. The number of nitrogens with one attached hydrogen (secondary N) is 1. The number of guanidine groups is 1. The van der Waals surface area contributed by atoms with E-state index in [0.29, 0.717) is 12.5 Å². The van der Waals surface area contributed by atoms with Gasteiger partial charge in [-0.05, 0) is 31.9 Å². The number of hydrogen-bond acceptors (Lipinski definition) is 4. The maximum absolute atomic E-state index is 5.99. The lowest BCUT2D eigenvalue weighted by molar-refractivity contribution is 0.312. The third-order valence-electron chi connectivity index (χ3n) is 4.89. The molecule has 0 spiro atoms. The second-order valence-electron chi connectivity index (χ2n) is 6.66. The molecule has 134 valence electrons. The highest BCUT2D eigenvalue weighted by Crippen LogP contribution is 2.25. The summed E-state index contributed by atoms with van der Waals surface area (Å²) in [7, 11) is 2.16. The monoisotopic (exact) mass is 444 g/mol. The van der Waals surface area contributed by atoms with Crippen LogP contribution in [0.15, 0.2) is 23.3 Å². The largest absolute Gasteiger partial charge is 0.370 e. The Kier molecular flexibility index (Phi) is 7.54. The summed E-state index contributed by atoms with van der Waals surface area (Å²) in [4.78, 5) is 13.8. The molecule has 3 N–H and O–H groups in total. The lowest BCUT2D eigenvalue weighted by atomic mass is 9.85. The van der Waals surface area contributed by atoms with Gasteiger partial charge < -0.3 is 20.9 Å². The standard InChI is InChI=1S/C17H28N6.HI/c1-22-8-10-23(11-9-22)16-15(6-3-7-19-16)13-21-17(18)20-12-14-4-2-5-14;/h3,6-7,14H,2,4-5,8-13H2,1H3,(H3,18,20,21);1H. The van der Waals surface area contributed by atoms with E-state index in [1.54, 1.807) is 0 Å². The van der Waals surface area contributed by atoms with Crippen molar-refractivity contribution in [2.24, 2.45) is 16.6 Å². The van der Waals surface area contributed by atoms with Crippen molar-refractivity contribution < 1.29 is 0 Å². The van der Waals surface area contributed by atoms with Gasteiger partial charge >= 0.3 is 0 Å². The van der Waals surface area contributed by atoms with Crippen molar-refractivity contribution >= 4 is 35.8 Å². The highest BCUT2D eigenvalue weighted by atomic mass is 127. The fraction of sp³-hybridized carbons (Fsp3) is 0.647. The molecule has 0 amide bonds. The van der Waals surface area contributed by atoms with E-state index < -0.39 is 0 Å². The first-order valence-electron chi connectivity index (χ1n) is 8.63. The van der Waals surface area contributed by atoms with Gasteiger partial charge in [0.15, 0.2) is 5.96 Å². The summed E-state index contributed by atoms with van der Waals surface area (Å²) in [6.07, 6.45) is 5.85. The van der Waals surface area contributed by atoms with Gasteiger partial charge in [0.25, 0.3) is 0 Å². The molecule has 2 fully saturated rings. The smallest absolute Gasteiger partial charge is 0.188 e. The van der Waals surface area contributed by atoms with Gasteiger partial charge in [-0.2, -0.15) is 0 Å². The predicted molar refractivity (Wildman–Crippen MR) is 110 cm³/mol. The molecule has 0 radical (unpaired) electrons. The normalized spacial score (nSPS) is 19.5. The molecule has 1 aromatic rings. The Morgan fingerprint density at radius 3 is 2.75 bits per heavy atom. The number of piperazine rings is 1. The van der Waals surface area contributed by atoms with Gasteiger partial charge in [0.1, 0.15) is 5.82 Å².